The fourth-order valence-corrected chi connectivity index (χ4v) is 1.73. The predicted molar refractivity (Wildman–Crippen MR) is 74.3 cm³/mol. The van der Waals surface area contributed by atoms with Crippen LogP contribution >= 0.6 is 11.6 Å². The normalized spacial score (nSPS) is 12.3. The number of halogens is 1. The second-order valence-electron chi connectivity index (χ2n) is 4.57. The Kier molecular flexibility index (Phi) is 5.32. The minimum absolute atomic E-state index is 0.0806. The summed E-state index contributed by atoms with van der Waals surface area (Å²) in [6, 6.07) is 5.71. The molecule has 1 unspecified atom stereocenters. The van der Waals surface area contributed by atoms with E-state index in [4.69, 9.17) is 22.4 Å². The third kappa shape index (κ3) is 4.22. The van der Waals surface area contributed by atoms with E-state index in [0.717, 1.165) is 4.90 Å². The molecule has 0 saturated heterocycles. The van der Waals surface area contributed by atoms with Crippen molar-refractivity contribution in [2.45, 2.75) is 19.9 Å². The lowest BCUT2D eigenvalue weighted by Gasteiger charge is -2.26. The van der Waals surface area contributed by atoms with Gasteiger partial charge in [0.15, 0.2) is 0 Å². The molecule has 1 amide bonds. The highest BCUT2D eigenvalue weighted by Gasteiger charge is 2.26. The molecule has 104 valence electrons. The predicted octanol–water partition coefficient (Wildman–Crippen LogP) is 1.74. The summed E-state index contributed by atoms with van der Waals surface area (Å²) in [4.78, 5) is 24.3. The van der Waals surface area contributed by atoms with E-state index < -0.39 is 24.5 Å². The molecule has 0 radical (unpaired) electrons. The van der Waals surface area contributed by atoms with E-state index in [2.05, 4.69) is 0 Å². The van der Waals surface area contributed by atoms with Crippen LogP contribution in [0.15, 0.2) is 24.3 Å². The molecule has 6 heteroatoms. The molecule has 1 rings (SSSR count). The maximum atomic E-state index is 12.2. The van der Waals surface area contributed by atoms with E-state index in [-0.39, 0.29) is 5.92 Å². The van der Waals surface area contributed by atoms with Gasteiger partial charge in [-0.1, -0.05) is 31.5 Å². The van der Waals surface area contributed by atoms with E-state index >= 15 is 0 Å². The van der Waals surface area contributed by atoms with Crippen molar-refractivity contribution >= 4 is 29.2 Å². The lowest BCUT2D eigenvalue weighted by Crippen LogP contribution is -2.48. The van der Waals surface area contributed by atoms with Crippen molar-refractivity contribution in [3.05, 3.63) is 29.3 Å². The van der Waals surface area contributed by atoms with Gasteiger partial charge in [-0.2, -0.15) is 0 Å². The van der Waals surface area contributed by atoms with E-state index in [9.17, 15) is 9.59 Å². The topological polar surface area (TPSA) is 83.6 Å². The Hall–Kier alpha value is -1.59. The molecular weight excluding hydrogens is 268 g/mol. The van der Waals surface area contributed by atoms with E-state index in [1.165, 1.54) is 6.07 Å². The minimum Gasteiger partial charge on any atom is -0.480 e. The van der Waals surface area contributed by atoms with Gasteiger partial charge in [0.1, 0.15) is 6.54 Å². The summed E-state index contributed by atoms with van der Waals surface area (Å²) in [5.41, 5.74) is 6.22. The van der Waals surface area contributed by atoms with Gasteiger partial charge < -0.3 is 10.8 Å². The number of nitrogens with zero attached hydrogens (tertiary/aromatic N) is 1. The van der Waals surface area contributed by atoms with Crippen molar-refractivity contribution in [1.29, 1.82) is 0 Å². The van der Waals surface area contributed by atoms with Crippen molar-refractivity contribution in [2.75, 3.05) is 11.4 Å². The second kappa shape index (κ2) is 6.54. The molecule has 0 fully saturated rings. The highest BCUT2D eigenvalue weighted by atomic mass is 35.5. The Morgan fingerprint density at radius 2 is 2.05 bits per heavy atom. The van der Waals surface area contributed by atoms with Gasteiger partial charge in [0.25, 0.3) is 0 Å². The largest absolute Gasteiger partial charge is 0.480 e. The van der Waals surface area contributed by atoms with Crippen molar-refractivity contribution < 1.29 is 14.7 Å². The van der Waals surface area contributed by atoms with Crippen molar-refractivity contribution in [3.8, 4) is 0 Å². The van der Waals surface area contributed by atoms with Crippen LogP contribution < -0.4 is 10.6 Å². The zero-order valence-electron chi connectivity index (χ0n) is 10.8. The minimum atomic E-state index is -1.11. The summed E-state index contributed by atoms with van der Waals surface area (Å²) >= 11 is 5.86. The summed E-state index contributed by atoms with van der Waals surface area (Å²) in [6.45, 7) is 3.17. The third-order valence-corrected chi connectivity index (χ3v) is 2.92. The summed E-state index contributed by atoms with van der Waals surface area (Å²) in [5, 5.41) is 9.35. The molecule has 0 aliphatic carbocycles. The number of aliphatic carboxylic acids is 1. The van der Waals surface area contributed by atoms with Gasteiger partial charge in [0, 0.05) is 10.7 Å². The maximum absolute atomic E-state index is 12.2. The number of carboxylic acids is 1. The maximum Gasteiger partial charge on any atom is 0.323 e. The first kappa shape index (κ1) is 15.5. The van der Waals surface area contributed by atoms with Gasteiger partial charge in [-0.3, -0.25) is 14.5 Å². The van der Waals surface area contributed by atoms with Gasteiger partial charge >= 0.3 is 5.97 Å². The number of rotatable bonds is 5. The smallest absolute Gasteiger partial charge is 0.323 e. The molecule has 0 spiro atoms. The molecule has 0 aliphatic heterocycles. The van der Waals surface area contributed by atoms with E-state index in [1.54, 1.807) is 32.0 Å². The molecule has 5 nitrogen and oxygen atoms in total. The van der Waals surface area contributed by atoms with Crippen molar-refractivity contribution in [3.63, 3.8) is 0 Å². The fourth-order valence-electron chi connectivity index (χ4n) is 1.54. The summed E-state index contributed by atoms with van der Waals surface area (Å²) < 4.78 is 0. The SMILES string of the molecule is CC(C)C(N)C(=O)N(CC(=O)O)c1cccc(Cl)c1. The monoisotopic (exact) mass is 284 g/mol. The van der Waals surface area contributed by atoms with Crippen LogP contribution in [0.5, 0.6) is 0 Å². The molecule has 0 saturated carbocycles. The molecule has 0 aliphatic rings. The van der Waals surface area contributed by atoms with Crippen LogP contribution in [0.3, 0.4) is 0 Å². The first-order valence-electron chi connectivity index (χ1n) is 5.87. The lowest BCUT2D eigenvalue weighted by molar-refractivity contribution is -0.136. The first-order valence-corrected chi connectivity index (χ1v) is 6.25. The number of nitrogens with two attached hydrogens (primary N) is 1. The van der Waals surface area contributed by atoms with Gasteiger partial charge in [-0.05, 0) is 24.1 Å². The second-order valence-corrected chi connectivity index (χ2v) is 5.00. The molecule has 3 N–H and O–H groups in total. The van der Waals surface area contributed by atoms with E-state index in [0.29, 0.717) is 10.7 Å². The lowest BCUT2D eigenvalue weighted by atomic mass is 10.0. The summed E-state index contributed by atoms with van der Waals surface area (Å²) in [6.07, 6.45) is 0. The highest BCUT2D eigenvalue weighted by molar-refractivity contribution is 6.31. The van der Waals surface area contributed by atoms with Crippen LogP contribution in [0.2, 0.25) is 5.02 Å². The molecule has 19 heavy (non-hydrogen) atoms. The van der Waals surface area contributed by atoms with Gasteiger partial charge in [0.05, 0.1) is 6.04 Å². The number of anilines is 1. The van der Waals surface area contributed by atoms with Crippen LogP contribution in [0, 0.1) is 5.92 Å². The fraction of sp³-hybridized carbons (Fsp3) is 0.385. The Morgan fingerprint density at radius 3 is 2.53 bits per heavy atom. The number of carbonyl (C=O) groups is 2. The standard InChI is InChI=1S/C13H17ClN2O3/c1-8(2)12(15)13(19)16(7-11(17)18)10-5-3-4-9(14)6-10/h3-6,8,12H,7,15H2,1-2H3,(H,17,18). The Labute approximate surface area is 117 Å². The number of benzene rings is 1. The molecule has 1 aromatic rings. The van der Waals surface area contributed by atoms with Crippen LogP contribution in [-0.2, 0) is 9.59 Å². The summed E-state index contributed by atoms with van der Waals surface area (Å²) in [7, 11) is 0. The Bertz CT molecular complexity index is 477. The number of hydrogen-bond donors (Lipinski definition) is 2. The van der Waals surface area contributed by atoms with Crippen LogP contribution in [0.4, 0.5) is 5.69 Å². The molecule has 0 bridgehead atoms. The number of amides is 1. The van der Waals surface area contributed by atoms with E-state index in [1.807, 2.05) is 0 Å². The van der Waals surface area contributed by atoms with Crippen LogP contribution in [0.1, 0.15) is 13.8 Å². The molecule has 0 heterocycles. The average molecular weight is 285 g/mol. The zero-order valence-corrected chi connectivity index (χ0v) is 11.6. The van der Waals surface area contributed by atoms with Gasteiger partial charge in [-0.15, -0.1) is 0 Å². The molecular formula is C13H17ClN2O3. The number of carboxylic acid groups (broad SMARTS) is 1. The zero-order chi connectivity index (χ0) is 14.6. The highest BCUT2D eigenvalue weighted by Crippen LogP contribution is 2.20. The number of hydrogen-bond acceptors (Lipinski definition) is 3. The molecule has 1 atom stereocenters. The van der Waals surface area contributed by atoms with Gasteiger partial charge in [0.2, 0.25) is 5.91 Å². The van der Waals surface area contributed by atoms with Crippen molar-refractivity contribution in [1.82, 2.24) is 0 Å². The third-order valence-electron chi connectivity index (χ3n) is 2.68. The van der Waals surface area contributed by atoms with Crippen molar-refractivity contribution in [2.24, 2.45) is 11.7 Å². The Balaban J connectivity index is 3.08. The molecule has 1 aromatic carbocycles. The number of carbonyl (C=O) groups excluding carboxylic acids is 1. The van der Waals surface area contributed by atoms with Crippen LogP contribution in [-0.4, -0.2) is 29.6 Å². The molecule has 0 aromatic heterocycles. The average Bonchev–Trinajstić information content (AvgIpc) is 2.33. The first-order chi connectivity index (χ1) is 8.82. The van der Waals surface area contributed by atoms with Crippen LogP contribution in [0.25, 0.3) is 0 Å². The quantitative estimate of drug-likeness (QED) is 0.863. The summed E-state index contributed by atoms with van der Waals surface area (Å²) in [5.74, 6) is -1.62. The Morgan fingerprint density at radius 1 is 1.42 bits per heavy atom. The van der Waals surface area contributed by atoms with Gasteiger partial charge in [-0.25, -0.2) is 0 Å².